The van der Waals surface area contributed by atoms with Crippen LogP contribution in [0.15, 0.2) is 12.1 Å². The van der Waals surface area contributed by atoms with E-state index in [1.54, 1.807) is 39.8 Å². The van der Waals surface area contributed by atoms with Crippen LogP contribution < -0.4 is 5.73 Å². The number of aliphatic hydroxyl groups is 4. The van der Waals surface area contributed by atoms with Gasteiger partial charge in [0, 0.05) is 21.7 Å². The molecule has 10 heteroatoms. The number of hydrogen-bond acceptors (Lipinski definition) is 8. The third-order valence-electron chi connectivity index (χ3n) is 11.3. The van der Waals surface area contributed by atoms with Gasteiger partial charge < -0.3 is 31.3 Å². The Morgan fingerprint density at radius 3 is 2.24 bits per heavy atom. The lowest BCUT2D eigenvalue weighted by molar-refractivity contribution is -0.306. The van der Waals surface area contributed by atoms with Crippen LogP contribution in [0.1, 0.15) is 88.7 Å². The standard InChI is InChI=1S/C31H44BrNO8/c1-13(2)19-23(36)18(26(33)39)24(37)31(41)25(38)20-22(35)17-15(14(3)29(20,6)27(40)30(19,31)7)9-10-16(21(17)34)28(4,5)11-8-12-32/h9-10,13-14,18-20,23,25,27,34,36,38,40-41H,8,11-12H2,1-7H3,(H2,33,39)/t14-,18-,19+,20-,23?,25?,27-,29+,30+,31+/m1/s1. The molecule has 1 aromatic carbocycles. The number of carbonyl (C=O) groups excluding carboxylic acids is 3. The largest absolute Gasteiger partial charge is 0.507 e. The fraction of sp³-hybridized carbons (Fsp3) is 0.710. The summed E-state index contributed by atoms with van der Waals surface area (Å²) in [7, 11) is 0. The maximum atomic E-state index is 14.4. The van der Waals surface area contributed by atoms with Crippen molar-refractivity contribution in [1.82, 2.24) is 0 Å². The number of amides is 1. The number of phenolic OH excluding ortho intramolecular Hbond substituents is 1. The van der Waals surface area contributed by atoms with Gasteiger partial charge in [-0.15, -0.1) is 0 Å². The fourth-order valence-electron chi connectivity index (χ4n) is 8.95. The number of benzene rings is 1. The second-order valence-electron chi connectivity index (χ2n) is 13.9. The van der Waals surface area contributed by atoms with Crippen LogP contribution in [0.3, 0.4) is 0 Å². The van der Waals surface area contributed by atoms with E-state index in [9.17, 15) is 39.9 Å². The molecule has 1 amide bonds. The van der Waals surface area contributed by atoms with Crippen LogP contribution in [0.25, 0.3) is 0 Å². The van der Waals surface area contributed by atoms with Gasteiger partial charge in [-0.2, -0.15) is 0 Å². The molecular weight excluding hydrogens is 594 g/mol. The lowest BCUT2D eigenvalue weighted by Crippen LogP contribution is -2.83. The minimum atomic E-state index is -2.79. The normalized spacial score (nSPS) is 40.7. The average molecular weight is 639 g/mol. The smallest absolute Gasteiger partial charge is 0.230 e. The Bertz CT molecular complexity index is 1280. The van der Waals surface area contributed by atoms with Gasteiger partial charge in [0.1, 0.15) is 17.8 Å². The number of aliphatic hydroxyl groups excluding tert-OH is 3. The molecule has 3 aliphatic rings. The van der Waals surface area contributed by atoms with E-state index in [0.29, 0.717) is 11.1 Å². The van der Waals surface area contributed by atoms with Gasteiger partial charge in [-0.3, -0.25) is 14.4 Å². The van der Waals surface area contributed by atoms with Gasteiger partial charge in [-0.1, -0.05) is 76.5 Å². The number of phenols is 1. The SMILES string of the molecule is CC(C)[C@H]1C(O)[C@@H](C(N)=O)C(=O)[C@]2(O)C(O)[C@H]3C(=O)c4c(ccc(C(C)(C)CCCBr)c4O)[C@@H](C)[C@]3(C)[C@@H](O)[C@]12C. The van der Waals surface area contributed by atoms with Crippen molar-refractivity contribution in [2.75, 3.05) is 5.33 Å². The first kappa shape index (κ1) is 32.1. The molecule has 7 N–H and O–H groups in total. The monoisotopic (exact) mass is 637 g/mol. The molecule has 0 heterocycles. The van der Waals surface area contributed by atoms with E-state index in [-0.39, 0.29) is 11.3 Å². The van der Waals surface area contributed by atoms with Crippen molar-refractivity contribution in [3.63, 3.8) is 0 Å². The molecule has 2 saturated carbocycles. The number of aromatic hydroxyl groups is 1. The zero-order chi connectivity index (χ0) is 31.2. The number of rotatable bonds is 6. The third-order valence-corrected chi connectivity index (χ3v) is 11.8. The summed E-state index contributed by atoms with van der Waals surface area (Å²) >= 11 is 3.43. The number of alkyl halides is 1. The van der Waals surface area contributed by atoms with E-state index in [0.717, 1.165) is 18.2 Å². The summed E-state index contributed by atoms with van der Waals surface area (Å²) in [6.45, 7) is 12.2. The van der Waals surface area contributed by atoms with Crippen LogP contribution in [0.5, 0.6) is 5.75 Å². The number of fused-ring (bicyclic) bond motifs is 3. The average Bonchev–Trinajstić information content (AvgIpc) is 2.87. The molecular formula is C31H44BrNO8. The molecule has 0 bridgehead atoms. The lowest BCUT2D eigenvalue weighted by Gasteiger charge is -2.69. The van der Waals surface area contributed by atoms with Crippen molar-refractivity contribution >= 4 is 33.4 Å². The Kier molecular flexibility index (Phi) is 7.91. The van der Waals surface area contributed by atoms with E-state index in [4.69, 9.17) is 5.73 Å². The van der Waals surface area contributed by atoms with Crippen molar-refractivity contribution in [2.45, 2.75) is 96.6 Å². The lowest BCUT2D eigenvalue weighted by atomic mass is 9.36. The van der Waals surface area contributed by atoms with Gasteiger partial charge in [0.15, 0.2) is 17.2 Å². The summed E-state index contributed by atoms with van der Waals surface area (Å²) < 4.78 is 0. The molecule has 0 aliphatic heterocycles. The number of halogens is 1. The van der Waals surface area contributed by atoms with E-state index in [2.05, 4.69) is 15.9 Å². The van der Waals surface area contributed by atoms with Crippen LogP contribution in [0.2, 0.25) is 0 Å². The number of carbonyl (C=O) groups is 3. The van der Waals surface area contributed by atoms with Crippen LogP contribution >= 0.6 is 15.9 Å². The van der Waals surface area contributed by atoms with Crippen molar-refractivity contribution < 1.29 is 39.9 Å². The topological polar surface area (TPSA) is 178 Å². The zero-order valence-electron chi connectivity index (χ0n) is 24.8. The number of primary amides is 1. The first-order valence-corrected chi connectivity index (χ1v) is 15.5. The highest BCUT2D eigenvalue weighted by Gasteiger charge is 2.80. The van der Waals surface area contributed by atoms with Gasteiger partial charge in [0.25, 0.3) is 0 Å². The van der Waals surface area contributed by atoms with Gasteiger partial charge in [0.05, 0.1) is 23.7 Å². The molecule has 1 aromatic rings. The minimum Gasteiger partial charge on any atom is -0.507 e. The van der Waals surface area contributed by atoms with Gasteiger partial charge in [0.2, 0.25) is 5.91 Å². The maximum absolute atomic E-state index is 14.4. The second kappa shape index (κ2) is 10.1. The van der Waals surface area contributed by atoms with Gasteiger partial charge in [-0.05, 0) is 41.6 Å². The van der Waals surface area contributed by atoms with Gasteiger partial charge in [-0.25, -0.2) is 0 Å². The number of Topliss-reactive ketones (excluding diaryl/α,β-unsaturated/α-hetero) is 2. The van der Waals surface area contributed by atoms with Crippen LogP contribution in [-0.4, -0.2) is 72.2 Å². The molecule has 2 unspecified atom stereocenters. The van der Waals surface area contributed by atoms with Crippen molar-refractivity contribution in [3.8, 4) is 5.75 Å². The highest BCUT2D eigenvalue weighted by atomic mass is 79.9. The summed E-state index contributed by atoms with van der Waals surface area (Å²) in [5.74, 6) is -8.78. The first-order valence-electron chi connectivity index (χ1n) is 14.4. The summed E-state index contributed by atoms with van der Waals surface area (Å²) in [6.07, 6.45) is -3.72. The van der Waals surface area contributed by atoms with E-state index in [1.165, 1.54) is 6.92 Å². The Morgan fingerprint density at radius 1 is 1.15 bits per heavy atom. The van der Waals surface area contributed by atoms with E-state index in [1.807, 2.05) is 13.8 Å². The van der Waals surface area contributed by atoms with E-state index < -0.39 is 87.2 Å². The number of ketones is 2. The molecule has 0 radical (unpaired) electrons. The molecule has 9 nitrogen and oxygen atoms in total. The highest BCUT2D eigenvalue weighted by Crippen LogP contribution is 2.68. The minimum absolute atomic E-state index is 0.00185. The molecule has 2 fully saturated rings. The summed E-state index contributed by atoms with van der Waals surface area (Å²) in [5.41, 5.74) is -0.00126. The first-order chi connectivity index (χ1) is 18.8. The quantitative estimate of drug-likeness (QED) is 0.203. The molecule has 41 heavy (non-hydrogen) atoms. The van der Waals surface area contributed by atoms with E-state index >= 15 is 0 Å². The molecule has 0 aromatic heterocycles. The van der Waals surface area contributed by atoms with Crippen molar-refractivity contribution in [1.29, 1.82) is 0 Å². The Labute approximate surface area is 249 Å². The van der Waals surface area contributed by atoms with Gasteiger partial charge >= 0.3 is 0 Å². The third kappa shape index (κ3) is 3.89. The molecule has 0 spiro atoms. The summed E-state index contributed by atoms with van der Waals surface area (Å²) in [6, 6.07) is 3.57. The summed E-state index contributed by atoms with van der Waals surface area (Å²) in [5, 5.41) is 60.1. The van der Waals surface area contributed by atoms with Crippen LogP contribution in [0, 0.1) is 34.5 Å². The fourth-order valence-corrected chi connectivity index (χ4v) is 9.23. The number of nitrogens with two attached hydrogens (primary N) is 1. The molecule has 4 rings (SSSR count). The second-order valence-corrected chi connectivity index (χ2v) is 14.7. The number of hydrogen-bond donors (Lipinski definition) is 6. The highest BCUT2D eigenvalue weighted by molar-refractivity contribution is 9.09. The predicted octanol–water partition coefficient (Wildman–Crippen LogP) is 2.56. The molecule has 3 aliphatic carbocycles. The van der Waals surface area contributed by atoms with Crippen LogP contribution in [-0.2, 0) is 15.0 Å². The zero-order valence-corrected chi connectivity index (χ0v) is 26.4. The molecule has 10 atom stereocenters. The Hall–Kier alpha value is -1.85. The summed E-state index contributed by atoms with van der Waals surface area (Å²) in [4.78, 5) is 40.7. The van der Waals surface area contributed by atoms with Crippen LogP contribution in [0.4, 0.5) is 0 Å². The molecule has 0 saturated heterocycles. The van der Waals surface area contributed by atoms with Crippen molar-refractivity contribution in [2.24, 2.45) is 40.2 Å². The van der Waals surface area contributed by atoms with Crippen molar-refractivity contribution in [3.05, 3.63) is 28.8 Å². The molecule has 228 valence electrons. The maximum Gasteiger partial charge on any atom is 0.230 e. The predicted molar refractivity (Wildman–Crippen MR) is 156 cm³/mol. The Morgan fingerprint density at radius 2 is 1.73 bits per heavy atom. The Balaban J connectivity index is 2.00.